The fourth-order valence-corrected chi connectivity index (χ4v) is 4.07. The monoisotopic (exact) mass is 398 g/mol. The molecule has 8 nitrogen and oxygen atoms in total. The lowest BCUT2D eigenvalue weighted by Crippen LogP contribution is -2.36. The summed E-state index contributed by atoms with van der Waals surface area (Å²) in [5.74, 6) is 2.01. The zero-order valence-electron chi connectivity index (χ0n) is 15.6. The van der Waals surface area contributed by atoms with Gasteiger partial charge in [0.05, 0.1) is 30.0 Å². The minimum atomic E-state index is 0.0329. The maximum atomic E-state index is 11.6. The van der Waals surface area contributed by atoms with Crippen molar-refractivity contribution in [1.29, 1.82) is 0 Å². The van der Waals surface area contributed by atoms with Crippen LogP contribution in [0, 0.1) is 0 Å². The van der Waals surface area contributed by atoms with E-state index in [1.54, 1.807) is 23.6 Å². The Morgan fingerprint density at radius 3 is 2.86 bits per heavy atom. The van der Waals surface area contributed by atoms with Crippen LogP contribution in [0.3, 0.4) is 0 Å². The third kappa shape index (κ3) is 3.90. The zero-order valence-corrected chi connectivity index (χ0v) is 16.5. The second-order valence-corrected chi connectivity index (χ2v) is 7.64. The molecular formula is C19H22N6O2S. The minimum Gasteiger partial charge on any atom is -0.384 e. The van der Waals surface area contributed by atoms with Gasteiger partial charge in [-0.2, -0.15) is 0 Å². The number of amides is 1. The van der Waals surface area contributed by atoms with Gasteiger partial charge < -0.3 is 20.7 Å². The average Bonchev–Trinajstić information content (AvgIpc) is 3.15. The van der Waals surface area contributed by atoms with E-state index in [4.69, 9.17) is 20.4 Å². The Labute approximate surface area is 166 Å². The Kier molecular flexibility index (Phi) is 5.36. The van der Waals surface area contributed by atoms with Crippen molar-refractivity contribution < 1.29 is 9.53 Å². The van der Waals surface area contributed by atoms with Crippen LogP contribution < -0.4 is 16.0 Å². The highest BCUT2D eigenvalue weighted by Gasteiger charge is 2.20. The molecule has 3 aromatic rings. The second-order valence-electron chi connectivity index (χ2n) is 6.50. The van der Waals surface area contributed by atoms with E-state index < -0.39 is 0 Å². The van der Waals surface area contributed by atoms with E-state index in [9.17, 15) is 4.79 Å². The quantitative estimate of drug-likeness (QED) is 0.678. The van der Waals surface area contributed by atoms with E-state index >= 15 is 0 Å². The number of rotatable bonds is 5. The number of aromatic nitrogens is 3. The number of morpholine rings is 1. The fourth-order valence-electron chi connectivity index (χ4n) is 3.02. The summed E-state index contributed by atoms with van der Waals surface area (Å²) in [5, 5.41) is 2.93. The summed E-state index contributed by atoms with van der Waals surface area (Å²) in [7, 11) is 0. The number of nitrogen functional groups attached to an aromatic ring is 1. The number of hydrogen-bond acceptors (Lipinski definition) is 8. The van der Waals surface area contributed by atoms with Crippen molar-refractivity contribution in [3.05, 3.63) is 29.3 Å². The molecule has 1 aliphatic rings. The zero-order chi connectivity index (χ0) is 19.5. The number of nitrogens with one attached hydrogen (secondary N) is 1. The van der Waals surface area contributed by atoms with E-state index in [0.29, 0.717) is 37.8 Å². The van der Waals surface area contributed by atoms with E-state index in [-0.39, 0.29) is 5.91 Å². The Hall–Kier alpha value is -2.78. The number of carbonyl (C=O) groups excluding carboxylic acids is 1. The predicted octanol–water partition coefficient (Wildman–Crippen LogP) is 2.20. The molecule has 0 saturated carbocycles. The summed E-state index contributed by atoms with van der Waals surface area (Å²) in [4.78, 5) is 28.6. The van der Waals surface area contributed by atoms with Crippen LogP contribution in [0.5, 0.6) is 0 Å². The van der Waals surface area contributed by atoms with Crippen LogP contribution >= 0.6 is 11.3 Å². The molecule has 28 heavy (non-hydrogen) atoms. The molecule has 0 bridgehead atoms. The fraction of sp³-hybridized carbons (Fsp3) is 0.368. The van der Waals surface area contributed by atoms with Crippen molar-refractivity contribution in [2.45, 2.75) is 19.9 Å². The Bertz CT molecular complexity index is 982. The minimum absolute atomic E-state index is 0.0329. The highest BCUT2D eigenvalue weighted by atomic mass is 32.1. The number of nitrogens with zero attached hydrogens (tertiary/aromatic N) is 4. The van der Waals surface area contributed by atoms with Crippen molar-refractivity contribution in [3.8, 4) is 11.4 Å². The smallest absolute Gasteiger partial charge is 0.220 e. The first-order chi connectivity index (χ1) is 13.6. The lowest BCUT2D eigenvalue weighted by molar-refractivity contribution is -0.120. The number of hydrogen-bond donors (Lipinski definition) is 2. The number of fused-ring (bicyclic) bond motifs is 1. The van der Waals surface area contributed by atoms with E-state index in [1.807, 2.05) is 19.1 Å². The topological polar surface area (TPSA) is 106 Å². The number of anilines is 2. The van der Waals surface area contributed by atoms with Gasteiger partial charge in [-0.3, -0.25) is 4.79 Å². The van der Waals surface area contributed by atoms with Crippen molar-refractivity contribution in [2.75, 3.05) is 36.9 Å². The van der Waals surface area contributed by atoms with Gasteiger partial charge in [-0.05, 0) is 18.2 Å². The van der Waals surface area contributed by atoms with Crippen molar-refractivity contribution in [2.24, 2.45) is 0 Å². The van der Waals surface area contributed by atoms with E-state index in [2.05, 4.69) is 15.2 Å². The summed E-state index contributed by atoms with van der Waals surface area (Å²) in [5.41, 5.74) is 7.39. The van der Waals surface area contributed by atoms with Crippen LogP contribution in [-0.4, -0.2) is 47.2 Å². The van der Waals surface area contributed by atoms with Gasteiger partial charge in [0.1, 0.15) is 5.82 Å². The predicted molar refractivity (Wildman–Crippen MR) is 110 cm³/mol. The molecule has 0 spiro atoms. The summed E-state index contributed by atoms with van der Waals surface area (Å²) in [6.45, 7) is 5.25. The van der Waals surface area contributed by atoms with Crippen molar-refractivity contribution in [3.63, 3.8) is 0 Å². The van der Waals surface area contributed by atoms with Gasteiger partial charge in [-0.15, -0.1) is 11.3 Å². The van der Waals surface area contributed by atoms with Crippen molar-refractivity contribution >= 4 is 39.1 Å². The van der Waals surface area contributed by atoms with Gasteiger partial charge in [0.15, 0.2) is 11.6 Å². The summed E-state index contributed by atoms with van der Waals surface area (Å²) >= 11 is 1.62. The van der Waals surface area contributed by atoms with Crippen LogP contribution in [0.15, 0.2) is 24.4 Å². The maximum absolute atomic E-state index is 11.6. The lowest BCUT2D eigenvalue weighted by atomic mass is 10.2. The van der Waals surface area contributed by atoms with Gasteiger partial charge in [-0.25, -0.2) is 15.0 Å². The standard InChI is InChI=1S/C19H22N6O2S/c1-2-16(26)22-11-13-9-14-17(28-13)19(25-5-7-27-8-6-25)24-18(23-14)12-3-4-15(20)21-10-12/h3-4,9-10H,2,5-8,11H2,1H3,(H2,20,21)(H,22,26). The highest BCUT2D eigenvalue weighted by Crippen LogP contribution is 2.34. The third-order valence-corrected chi connectivity index (χ3v) is 5.66. The molecule has 0 aromatic carbocycles. The molecule has 146 valence electrons. The van der Waals surface area contributed by atoms with Crippen LogP contribution in [0.25, 0.3) is 21.6 Å². The molecule has 4 rings (SSSR count). The van der Waals surface area contributed by atoms with Crippen molar-refractivity contribution in [1.82, 2.24) is 20.3 Å². The molecule has 9 heteroatoms. The molecule has 0 radical (unpaired) electrons. The summed E-state index contributed by atoms with van der Waals surface area (Å²) in [6, 6.07) is 5.65. The van der Waals surface area contributed by atoms with E-state index in [1.165, 1.54) is 0 Å². The average molecular weight is 398 g/mol. The van der Waals surface area contributed by atoms with E-state index in [0.717, 1.165) is 39.6 Å². The molecule has 4 heterocycles. The molecule has 0 aliphatic carbocycles. The first-order valence-electron chi connectivity index (χ1n) is 9.26. The van der Waals surface area contributed by atoms with Gasteiger partial charge in [-0.1, -0.05) is 6.92 Å². The first kappa shape index (κ1) is 18.6. The van der Waals surface area contributed by atoms with Crippen LogP contribution in [0.1, 0.15) is 18.2 Å². The first-order valence-corrected chi connectivity index (χ1v) is 10.1. The Morgan fingerprint density at radius 1 is 1.32 bits per heavy atom. The highest BCUT2D eigenvalue weighted by molar-refractivity contribution is 7.19. The molecule has 3 N–H and O–H groups in total. The molecule has 1 aliphatic heterocycles. The molecule has 0 unspecified atom stereocenters. The number of carbonyl (C=O) groups is 1. The van der Waals surface area contributed by atoms with Crippen LogP contribution in [-0.2, 0) is 16.1 Å². The Balaban J connectivity index is 1.76. The van der Waals surface area contributed by atoms with Crippen LogP contribution in [0.4, 0.5) is 11.6 Å². The van der Waals surface area contributed by atoms with Gasteiger partial charge in [0.2, 0.25) is 5.91 Å². The second kappa shape index (κ2) is 8.07. The molecule has 1 amide bonds. The number of thiophene rings is 1. The number of pyridine rings is 1. The number of ether oxygens (including phenoxy) is 1. The maximum Gasteiger partial charge on any atom is 0.220 e. The normalized spacial score (nSPS) is 14.4. The number of nitrogens with two attached hydrogens (primary N) is 1. The SMILES string of the molecule is CCC(=O)NCc1cc2nc(-c3ccc(N)nc3)nc(N3CCOCC3)c2s1. The van der Waals surface area contributed by atoms with Gasteiger partial charge in [0.25, 0.3) is 0 Å². The summed E-state index contributed by atoms with van der Waals surface area (Å²) < 4.78 is 6.51. The Morgan fingerprint density at radius 2 is 2.14 bits per heavy atom. The largest absolute Gasteiger partial charge is 0.384 e. The third-order valence-electron chi connectivity index (χ3n) is 4.54. The molecule has 1 fully saturated rings. The molecule has 1 saturated heterocycles. The molecule has 0 atom stereocenters. The van der Waals surface area contributed by atoms with Gasteiger partial charge >= 0.3 is 0 Å². The summed E-state index contributed by atoms with van der Waals surface area (Å²) in [6.07, 6.45) is 2.16. The molecule has 3 aromatic heterocycles. The molecular weight excluding hydrogens is 376 g/mol. The van der Waals surface area contributed by atoms with Gasteiger partial charge in [0, 0.05) is 36.1 Å². The lowest BCUT2D eigenvalue weighted by Gasteiger charge is -2.28. The van der Waals surface area contributed by atoms with Crippen LogP contribution in [0.2, 0.25) is 0 Å².